The van der Waals surface area contributed by atoms with Crippen molar-refractivity contribution in [1.29, 1.82) is 0 Å². The molecule has 3 nitrogen and oxygen atoms in total. The summed E-state index contributed by atoms with van der Waals surface area (Å²) in [6.45, 7) is 0. The minimum Gasteiger partial charge on any atom is -0.495 e. The van der Waals surface area contributed by atoms with E-state index in [4.69, 9.17) is 9.47 Å². The molecule has 108 valence electrons. The maximum atomic E-state index is 13.2. The van der Waals surface area contributed by atoms with Gasteiger partial charge in [0.25, 0.3) is 0 Å². The van der Waals surface area contributed by atoms with Crippen molar-refractivity contribution in [2.24, 2.45) is 0 Å². The molecule has 0 bridgehead atoms. The third-order valence-electron chi connectivity index (χ3n) is 2.47. The molecule has 0 aromatic heterocycles. The van der Waals surface area contributed by atoms with E-state index < -0.39 is 24.0 Å². The van der Waals surface area contributed by atoms with Crippen LogP contribution in [0.2, 0.25) is 0 Å². The molecule has 0 fully saturated rings. The number of benzene rings is 1. The molecule has 0 aliphatic carbocycles. The molecule has 8 heteroatoms. The number of methoxy groups -OCH3 is 2. The second kappa shape index (κ2) is 5.96. The maximum Gasteiger partial charge on any atom is 0.336 e. The van der Waals surface area contributed by atoms with E-state index in [0.29, 0.717) is 0 Å². The molecule has 1 rings (SSSR count). The van der Waals surface area contributed by atoms with Crippen LogP contribution in [0.3, 0.4) is 0 Å². The zero-order chi connectivity index (χ0) is 14.8. The molecule has 0 saturated heterocycles. The number of aliphatic hydroxyl groups is 1. The molecule has 0 spiro atoms. The molecular formula is C11H11BrF4O3. The van der Waals surface area contributed by atoms with Gasteiger partial charge in [-0.3, -0.25) is 0 Å². The molecule has 0 heterocycles. The van der Waals surface area contributed by atoms with E-state index in [1.54, 1.807) is 0 Å². The lowest BCUT2D eigenvalue weighted by atomic mass is 10.0. The number of rotatable bonds is 5. The van der Waals surface area contributed by atoms with Crippen molar-refractivity contribution in [2.45, 2.75) is 18.5 Å². The van der Waals surface area contributed by atoms with E-state index in [2.05, 4.69) is 15.9 Å². The van der Waals surface area contributed by atoms with Crippen molar-refractivity contribution in [2.75, 3.05) is 14.2 Å². The Morgan fingerprint density at radius 1 is 1.21 bits per heavy atom. The number of hydrogen-bond donors (Lipinski definition) is 1. The number of ether oxygens (including phenoxy) is 2. The van der Waals surface area contributed by atoms with Crippen LogP contribution in [-0.4, -0.2) is 31.7 Å². The fourth-order valence-corrected chi connectivity index (χ4v) is 2.14. The average Bonchev–Trinajstić information content (AvgIpc) is 2.37. The van der Waals surface area contributed by atoms with Gasteiger partial charge in [0.05, 0.1) is 14.2 Å². The molecular weight excluding hydrogens is 336 g/mol. The summed E-state index contributed by atoms with van der Waals surface area (Å²) in [6.07, 6.45) is -6.68. The first kappa shape index (κ1) is 16.0. The maximum absolute atomic E-state index is 13.2. The van der Waals surface area contributed by atoms with Crippen LogP contribution in [0, 0.1) is 0 Å². The molecule has 0 amide bonds. The fourth-order valence-electron chi connectivity index (χ4n) is 1.46. The highest BCUT2D eigenvalue weighted by atomic mass is 79.9. The summed E-state index contributed by atoms with van der Waals surface area (Å²) in [5.74, 6) is -4.51. The van der Waals surface area contributed by atoms with Gasteiger partial charge < -0.3 is 14.6 Å². The first-order valence-electron chi connectivity index (χ1n) is 5.01. The highest BCUT2D eigenvalue weighted by Crippen LogP contribution is 2.45. The predicted molar refractivity (Wildman–Crippen MR) is 63.2 cm³/mol. The number of hydrogen-bond acceptors (Lipinski definition) is 3. The summed E-state index contributed by atoms with van der Waals surface area (Å²) in [5, 5.41) is 9.45. The second-order valence-electron chi connectivity index (χ2n) is 3.58. The lowest BCUT2D eigenvalue weighted by Gasteiger charge is -2.24. The standard InChI is InChI=1S/C11H11BrF4O3/c1-18-6-4-3-5(8(19-2)7(6)12)9(17)11(15,16)10(13)14/h3-4,9-10,17H,1-2H3. The zero-order valence-corrected chi connectivity index (χ0v) is 11.5. The Morgan fingerprint density at radius 3 is 2.21 bits per heavy atom. The van der Waals surface area contributed by atoms with E-state index in [0.717, 1.165) is 13.2 Å². The summed E-state index contributed by atoms with van der Waals surface area (Å²) in [4.78, 5) is 0. The number of alkyl halides is 4. The van der Waals surface area contributed by atoms with E-state index in [9.17, 15) is 22.7 Å². The largest absolute Gasteiger partial charge is 0.495 e. The Balaban J connectivity index is 3.32. The Hall–Kier alpha value is -1.02. The molecule has 1 aromatic rings. The highest BCUT2D eigenvalue weighted by molar-refractivity contribution is 9.10. The van der Waals surface area contributed by atoms with Gasteiger partial charge in [0.1, 0.15) is 16.0 Å². The third-order valence-corrected chi connectivity index (χ3v) is 3.22. The van der Waals surface area contributed by atoms with Crippen molar-refractivity contribution in [1.82, 2.24) is 0 Å². The van der Waals surface area contributed by atoms with Crippen molar-refractivity contribution in [3.8, 4) is 11.5 Å². The smallest absolute Gasteiger partial charge is 0.336 e. The summed E-state index contributed by atoms with van der Waals surface area (Å²) < 4.78 is 60.7. The van der Waals surface area contributed by atoms with Gasteiger partial charge in [-0.2, -0.15) is 8.78 Å². The van der Waals surface area contributed by atoms with Crippen LogP contribution in [0.1, 0.15) is 11.7 Å². The molecule has 1 aromatic carbocycles. The zero-order valence-electron chi connectivity index (χ0n) is 9.96. The molecule has 19 heavy (non-hydrogen) atoms. The molecule has 0 aliphatic heterocycles. The van der Waals surface area contributed by atoms with Crippen molar-refractivity contribution < 1.29 is 32.1 Å². The second-order valence-corrected chi connectivity index (χ2v) is 4.38. The minimum absolute atomic E-state index is 0.152. The first-order chi connectivity index (χ1) is 8.77. The van der Waals surface area contributed by atoms with E-state index in [1.165, 1.54) is 13.2 Å². The van der Waals surface area contributed by atoms with Crippen LogP contribution in [0.25, 0.3) is 0 Å². The summed E-state index contributed by atoms with van der Waals surface area (Å²) >= 11 is 3.03. The van der Waals surface area contributed by atoms with E-state index in [1.807, 2.05) is 0 Å². The van der Waals surface area contributed by atoms with Crippen LogP contribution in [-0.2, 0) is 0 Å². The van der Waals surface area contributed by atoms with Crippen LogP contribution in [0.4, 0.5) is 17.6 Å². The van der Waals surface area contributed by atoms with E-state index in [-0.39, 0.29) is 16.0 Å². The monoisotopic (exact) mass is 346 g/mol. The van der Waals surface area contributed by atoms with Crippen LogP contribution < -0.4 is 9.47 Å². The quantitative estimate of drug-likeness (QED) is 0.830. The average molecular weight is 347 g/mol. The minimum atomic E-state index is -4.58. The third kappa shape index (κ3) is 2.94. The summed E-state index contributed by atoms with van der Waals surface area (Å²) in [5.41, 5.74) is -0.458. The topological polar surface area (TPSA) is 38.7 Å². The Morgan fingerprint density at radius 2 is 1.79 bits per heavy atom. The SMILES string of the molecule is COc1ccc(C(O)C(F)(F)C(F)F)c(OC)c1Br. The van der Waals surface area contributed by atoms with Crippen LogP contribution in [0.15, 0.2) is 16.6 Å². The van der Waals surface area contributed by atoms with Crippen molar-refractivity contribution >= 4 is 15.9 Å². The summed E-state index contributed by atoms with van der Waals surface area (Å²) in [7, 11) is 2.50. The first-order valence-corrected chi connectivity index (χ1v) is 5.81. The molecule has 0 radical (unpaired) electrons. The predicted octanol–water partition coefficient (Wildman–Crippen LogP) is 3.40. The van der Waals surface area contributed by atoms with Crippen molar-refractivity contribution in [3.05, 3.63) is 22.2 Å². The van der Waals surface area contributed by atoms with Gasteiger partial charge in [-0.15, -0.1) is 0 Å². The Kier molecular flexibility index (Phi) is 5.03. The Bertz CT molecular complexity index is 454. The normalized spacial score (nSPS) is 13.5. The van der Waals surface area contributed by atoms with Crippen molar-refractivity contribution in [3.63, 3.8) is 0 Å². The summed E-state index contributed by atoms with van der Waals surface area (Å²) in [6, 6.07) is 2.30. The van der Waals surface area contributed by atoms with Gasteiger partial charge in [0, 0.05) is 5.56 Å². The lowest BCUT2D eigenvalue weighted by Crippen LogP contribution is -2.34. The van der Waals surface area contributed by atoms with Crippen LogP contribution >= 0.6 is 15.9 Å². The number of aliphatic hydroxyl groups excluding tert-OH is 1. The fraction of sp³-hybridized carbons (Fsp3) is 0.455. The van der Waals surface area contributed by atoms with Gasteiger partial charge in [0.2, 0.25) is 0 Å². The van der Waals surface area contributed by atoms with Gasteiger partial charge >= 0.3 is 12.3 Å². The number of halogens is 5. The molecule has 1 unspecified atom stereocenters. The van der Waals surface area contributed by atoms with Gasteiger partial charge in [-0.05, 0) is 28.1 Å². The Labute approximate surface area is 115 Å². The molecule has 1 N–H and O–H groups in total. The highest BCUT2D eigenvalue weighted by Gasteiger charge is 2.50. The molecule has 0 saturated carbocycles. The van der Waals surface area contributed by atoms with Crippen LogP contribution in [0.5, 0.6) is 11.5 Å². The molecule has 1 atom stereocenters. The van der Waals surface area contributed by atoms with E-state index >= 15 is 0 Å². The van der Waals surface area contributed by atoms with Gasteiger partial charge in [-0.1, -0.05) is 0 Å². The van der Waals surface area contributed by atoms with Gasteiger partial charge in [0.15, 0.2) is 6.10 Å². The lowest BCUT2D eigenvalue weighted by molar-refractivity contribution is -0.194. The molecule has 0 aliphatic rings. The van der Waals surface area contributed by atoms with Gasteiger partial charge in [-0.25, -0.2) is 8.78 Å².